The van der Waals surface area contributed by atoms with Crippen molar-refractivity contribution >= 4 is 0 Å². The van der Waals surface area contributed by atoms with Gasteiger partial charge in [0.25, 0.3) is 0 Å². The van der Waals surface area contributed by atoms with Gasteiger partial charge >= 0.3 is 0 Å². The van der Waals surface area contributed by atoms with Gasteiger partial charge in [-0.05, 0) is 44.4 Å². The first-order chi connectivity index (χ1) is 10.3. The topological polar surface area (TPSA) is 47.7 Å². The first-order valence-electron chi connectivity index (χ1n) is 8.07. The van der Waals surface area contributed by atoms with Crippen LogP contribution in [0, 0.1) is 0 Å². The summed E-state index contributed by atoms with van der Waals surface area (Å²) in [5, 5.41) is 0. The molecular weight excluding hydrogens is 264 g/mol. The number of hydrogen-bond acceptors (Lipinski definition) is 4. The van der Waals surface area contributed by atoms with Crippen molar-refractivity contribution in [3.05, 3.63) is 29.8 Å². The summed E-state index contributed by atoms with van der Waals surface area (Å²) in [7, 11) is 0. The maximum atomic E-state index is 6.04. The van der Waals surface area contributed by atoms with E-state index in [2.05, 4.69) is 30.0 Å². The molecule has 1 aromatic carbocycles. The van der Waals surface area contributed by atoms with Gasteiger partial charge in [-0.25, -0.2) is 0 Å². The first-order valence-corrected chi connectivity index (χ1v) is 8.07. The van der Waals surface area contributed by atoms with E-state index in [1.165, 1.54) is 5.56 Å². The van der Waals surface area contributed by atoms with Crippen LogP contribution in [0.1, 0.15) is 38.3 Å². The Hall–Kier alpha value is -1.10. The Kier molecular flexibility index (Phi) is 6.49. The quantitative estimate of drug-likeness (QED) is 0.839. The third kappa shape index (κ3) is 4.43. The summed E-state index contributed by atoms with van der Waals surface area (Å²) in [4.78, 5) is 2.47. The van der Waals surface area contributed by atoms with E-state index in [1.807, 2.05) is 13.0 Å². The van der Waals surface area contributed by atoms with Crippen LogP contribution in [0.5, 0.6) is 5.75 Å². The minimum atomic E-state index is 0.271. The molecule has 0 aromatic heterocycles. The molecule has 1 aliphatic rings. The van der Waals surface area contributed by atoms with Crippen LogP contribution in [0.3, 0.4) is 0 Å². The number of rotatable bonds is 7. The predicted octanol–water partition coefficient (Wildman–Crippen LogP) is 2.59. The lowest BCUT2D eigenvalue weighted by Gasteiger charge is -2.37. The zero-order valence-corrected chi connectivity index (χ0v) is 13.3. The Balaban J connectivity index is 2.01. The number of benzene rings is 1. The van der Waals surface area contributed by atoms with E-state index in [-0.39, 0.29) is 6.04 Å². The van der Waals surface area contributed by atoms with Gasteiger partial charge in [0, 0.05) is 32.3 Å². The maximum absolute atomic E-state index is 6.04. The van der Waals surface area contributed by atoms with Crippen LogP contribution in [-0.4, -0.2) is 43.9 Å². The van der Waals surface area contributed by atoms with Crippen molar-refractivity contribution in [1.29, 1.82) is 0 Å². The van der Waals surface area contributed by atoms with Crippen LogP contribution in [0.4, 0.5) is 0 Å². The van der Waals surface area contributed by atoms with E-state index in [9.17, 15) is 0 Å². The summed E-state index contributed by atoms with van der Waals surface area (Å²) in [5.74, 6) is 0.928. The monoisotopic (exact) mass is 292 g/mol. The van der Waals surface area contributed by atoms with Gasteiger partial charge in [0.05, 0.1) is 12.7 Å². The summed E-state index contributed by atoms with van der Waals surface area (Å²) in [6.45, 7) is 8.30. The van der Waals surface area contributed by atoms with Crippen molar-refractivity contribution in [2.45, 2.75) is 38.8 Å². The van der Waals surface area contributed by atoms with Gasteiger partial charge in [-0.3, -0.25) is 4.90 Å². The van der Waals surface area contributed by atoms with Crippen LogP contribution >= 0.6 is 0 Å². The lowest BCUT2D eigenvalue weighted by atomic mass is 10.0. The Morgan fingerprint density at radius 2 is 2.00 bits per heavy atom. The minimum Gasteiger partial charge on any atom is -0.494 e. The number of hydrogen-bond donors (Lipinski definition) is 1. The summed E-state index contributed by atoms with van der Waals surface area (Å²) < 4.78 is 11.3. The third-order valence-electron chi connectivity index (χ3n) is 4.10. The first kappa shape index (κ1) is 16.3. The molecule has 2 N–H and O–H groups in total. The van der Waals surface area contributed by atoms with Crippen molar-refractivity contribution in [2.75, 3.05) is 32.8 Å². The molecule has 1 aromatic rings. The molecule has 1 atom stereocenters. The van der Waals surface area contributed by atoms with E-state index in [0.717, 1.165) is 38.3 Å². The zero-order valence-electron chi connectivity index (χ0n) is 13.3. The molecule has 1 saturated heterocycles. The van der Waals surface area contributed by atoms with E-state index in [0.29, 0.717) is 19.3 Å². The average molecular weight is 292 g/mol. The largest absolute Gasteiger partial charge is 0.494 e. The van der Waals surface area contributed by atoms with Gasteiger partial charge in [-0.15, -0.1) is 0 Å². The molecule has 4 heteroatoms. The Morgan fingerprint density at radius 1 is 1.24 bits per heavy atom. The number of likely N-dealkylation sites (tertiary alicyclic amines) is 1. The highest BCUT2D eigenvalue weighted by atomic mass is 16.5. The van der Waals surface area contributed by atoms with Gasteiger partial charge in [0.15, 0.2) is 0 Å². The maximum Gasteiger partial charge on any atom is 0.119 e. The highest BCUT2D eigenvalue weighted by Gasteiger charge is 2.25. The van der Waals surface area contributed by atoms with Crippen molar-refractivity contribution in [1.82, 2.24) is 4.90 Å². The molecule has 1 fully saturated rings. The average Bonchev–Trinajstić information content (AvgIpc) is 2.51. The van der Waals surface area contributed by atoms with E-state index in [1.54, 1.807) is 0 Å². The summed E-state index contributed by atoms with van der Waals surface area (Å²) >= 11 is 0. The molecule has 0 bridgehead atoms. The van der Waals surface area contributed by atoms with Gasteiger partial charge in [0.1, 0.15) is 5.75 Å². The lowest BCUT2D eigenvalue weighted by molar-refractivity contribution is 0.00450. The Bertz CT molecular complexity index is 417. The lowest BCUT2D eigenvalue weighted by Crippen LogP contribution is -2.41. The highest BCUT2D eigenvalue weighted by molar-refractivity contribution is 5.31. The van der Waals surface area contributed by atoms with Crippen LogP contribution in [0.2, 0.25) is 0 Å². The normalized spacial score (nSPS) is 18.6. The fourth-order valence-corrected chi connectivity index (χ4v) is 3.06. The number of piperidine rings is 1. The second-order valence-corrected chi connectivity index (χ2v) is 5.45. The van der Waals surface area contributed by atoms with Gasteiger partial charge < -0.3 is 15.2 Å². The molecule has 4 nitrogen and oxygen atoms in total. The summed E-state index contributed by atoms with van der Waals surface area (Å²) in [6.07, 6.45) is 2.60. The molecule has 1 aliphatic heterocycles. The van der Waals surface area contributed by atoms with E-state index in [4.69, 9.17) is 15.2 Å². The molecule has 1 unspecified atom stereocenters. The highest BCUT2D eigenvalue weighted by Crippen LogP contribution is 2.27. The second-order valence-electron chi connectivity index (χ2n) is 5.45. The molecule has 0 radical (unpaired) electrons. The molecule has 0 amide bonds. The molecule has 0 aliphatic carbocycles. The number of nitrogens with two attached hydrogens (primary N) is 1. The molecule has 0 saturated carbocycles. The molecular formula is C17H28N2O2. The zero-order chi connectivity index (χ0) is 15.1. The van der Waals surface area contributed by atoms with E-state index >= 15 is 0 Å². The Labute approximate surface area is 128 Å². The fourth-order valence-electron chi connectivity index (χ4n) is 3.06. The fraction of sp³-hybridized carbons (Fsp3) is 0.647. The minimum absolute atomic E-state index is 0.271. The van der Waals surface area contributed by atoms with Crippen molar-refractivity contribution < 1.29 is 9.47 Å². The molecule has 0 spiro atoms. The van der Waals surface area contributed by atoms with Gasteiger partial charge in [-0.1, -0.05) is 12.1 Å². The standard InChI is InChI=1S/C17H28N2O2/c1-3-20-15-8-10-19(11-9-15)17(13-18)14-6-5-7-16(12-14)21-4-2/h5-7,12,15,17H,3-4,8-11,13,18H2,1-2H3. The molecule has 21 heavy (non-hydrogen) atoms. The molecule has 1 heterocycles. The number of nitrogens with zero attached hydrogens (tertiary/aromatic N) is 1. The van der Waals surface area contributed by atoms with Crippen LogP contribution < -0.4 is 10.5 Å². The molecule has 2 rings (SSSR count). The van der Waals surface area contributed by atoms with E-state index < -0.39 is 0 Å². The summed E-state index contributed by atoms with van der Waals surface area (Å²) in [5.41, 5.74) is 7.29. The van der Waals surface area contributed by atoms with Crippen molar-refractivity contribution in [3.63, 3.8) is 0 Å². The van der Waals surface area contributed by atoms with Crippen molar-refractivity contribution in [2.24, 2.45) is 5.73 Å². The van der Waals surface area contributed by atoms with Crippen LogP contribution in [0.15, 0.2) is 24.3 Å². The molecule has 118 valence electrons. The second kappa shape index (κ2) is 8.37. The third-order valence-corrected chi connectivity index (χ3v) is 4.10. The smallest absolute Gasteiger partial charge is 0.119 e. The van der Waals surface area contributed by atoms with Crippen molar-refractivity contribution in [3.8, 4) is 5.75 Å². The number of ether oxygens (including phenoxy) is 2. The van der Waals surface area contributed by atoms with Gasteiger partial charge in [-0.2, -0.15) is 0 Å². The predicted molar refractivity (Wildman–Crippen MR) is 85.6 cm³/mol. The SMILES string of the molecule is CCOc1cccc(C(CN)N2CCC(OCC)CC2)c1. The van der Waals surface area contributed by atoms with Gasteiger partial charge in [0.2, 0.25) is 0 Å². The van der Waals surface area contributed by atoms with Crippen LogP contribution in [0.25, 0.3) is 0 Å². The van der Waals surface area contributed by atoms with Crippen LogP contribution in [-0.2, 0) is 4.74 Å². The summed E-state index contributed by atoms with van der Waals surface area (Å²) in [6, 6.07) is 8.59. The Morgan fingerprint density at radius 3 is 2.62 bits per heavy atom.